The van der Waals surface area contributed by atoms with Crippen molar-refractivity contribution in [1.29, 1.82) is 0 Å². The molecule has 0 radical (unpaired) electrons. The van der Waals surface area contributed by atoms with Crippen LogP contribution in [0.4, 0.5) is 0 Å². The first-order chi connectivity index (χ1) is 23.0. The molecule has 0 saturated carbocycles. The van der Waals surface area contributed by atoms with Crippen LogP contribution in [0.25, 0.3) is 11.1 Å². The standard InChI is InChI=1S/C36H36O12/c1-46-21-4-2-3-20(15-21)36(45)24-13-18(7-11-26-30(39)34(43)32(41)28(16-37)47-26)5-9-22(24)23-10-6-19(14-25(23)36)8-12-27-31(40)35(44)33(42)29(17-38)48-27/h2-6,9-10,13-15,26-35,37-45H,16-17H2,1H3. The molecule has 12 nitrogen and oxygen atoms in total. The van der Waals surface area contributed by atoms with E-state index in [0.29, 0.717) is 44.7 Å². The van der Waals surface area contributed by atoms with Crippen LogP contribution in [0.3, 0.4) is 0 Å². The van der Waals surface area contributed by atoms with Gasteiger partial charge in [0.2, 0.25) is 0 Å². The van der Waals surface area contributed by atoms with Crippen molar-refractivity contribution < 1.29 is 60.2 Å². The fourth-order valence-electron chi connectivity index (χ4n) is 6.37. The van der Waals surface area contributed by atoms with Gasteiger partial charge in [0.25, 0.3) is 0 Å². The van der Waals surface area contributed by atoms with Gasteiger partial charge in [-0.05, 0) is 53.1 Å². The Morgan fingerprint density at radius 1 is 0.646 bits per heavy atom. The van der Waals surface area contributed by atoms with Crippen molar-refractivity contribution in [1.82, 2.24) is 0 Å². The number of aliphatic hydroxyl groups is 9. The normalized spacial score (nSPS) is 33.8. The van der Waals surface area contributed by atoms with Crippen LogP contribution in [0.15, 0.2) is 60.7 Å². The van der Waals surface area contributed by atoms with Crippen LogP contribution in [-0.4, -0.2) is 127 Å². The van der Waals surface area contributed by atoms with Gasteiger partial charge in [0.05, 0.1) is 20.3 Å². The molecule has 252 valence electrons. The lowest BCUT2D eigenvalue weighted by atomic mass is 9.83. The van der Waals surface area contributed by atoms with Crippen molar-refractivity contribution in [2.24, 2.45) is 0 Å². The molecule has 6 rings (SSSR count). The second-order valence-corrected chi connectivity index (χ2v) is 12.0. The van der Waals surface area contributed by atoms with Crippen LogP contribution in [0.1, 0.15) is 27.8 Å². The Hall–Kier alpha value is -3.86. The average molecular weight is 661 g/mol. The van der Waals surface area contributed by atoms with E-state index < -0.39 is 79.9 Å². The van der Waals surface area contributed by atoms with E-state index in [0.717, 1.165) is 0 Å². The van der Waals surface area contributed by atoms with Gasteiger partial charge in [0.1, 0.15) is 72.4 Å². The largest absolute Gasteiger partial charge is 0.497 e. The van der Waals surface area contributed by atoms with E-state index in [1.807, 2.05) is 0 Å². The van der Waals surface area contributed by atoms with Crippen LogP contribution in [0.2, 0.25) is 0 Å². The minimum atomic E-state index is -1.72. The molecule has 1 aliphatic carbocycles. The maximum absolute atomic E-state index is 12.7. The number of fused-ring (bicyclic) bond motifs is 3. The van der Waals surface area contributed by atoms with Crippen LogP contribution in [-0.2, 0) is 15.1 Å². The van der Waals surface area contributed by atoms with Crippen molar-refractivity contribution in [2.75, 3.05) is 20.3 Å². The van der Waals surface area contributed by atoms with Gasteiger partial charge in [-0.25, -0.2) is 0 Å². The lowest BCUT2D eigenvalue weighted by molar-refractivity contribution is -0.214. The van der Waals surface area contributed by atoms with Crippen molar-refractivity contribution >= 4 is 0 Å². The number of rotatable bonds is 4. The Morgan fingerprint density at radius 3 is 1.56 bits per heavy atom. The number of aliphatic hydroxyl groups excluding tert-OH is 8. The molecular formula is C36H36O12. The van der Waals surface area contributed by atoms with Gasteiger partial charge in [-0.3, -0.25) is 0 Å². The molecule has 9 N–H and O–H groups in total. The van der Waals surface area contributed by atoms with E-state index in [4.69, 9.17) is 14.2 Å². The van der Waals surface area contributed by atoms with E-state index in [-0.39, 0.29) is 0 Å². The minimum absolute atomic E-state index is 0.447. The van der Waals surface area contributed by atoms with Gasteiger partial charge in [0, 0.05) is 22.3 Å². The molecule has 3 aliphatic rings. The summed E-state index contributed by atoms with van der Waals surface area (Å²) in [5.74, 6) is 11.9. The Balaban J connectivity index is 1.39. The Morgan fingerprint density at radius 2 is 1.12 bits per heavy atom. The lowest BCUT2D eigenvalue weighted by Gasteiger charge is -2.37. The Labute approximate surface area is 276 Å². The third kappa shape index (κ3) is 5.88. The topological polar surface area (TPSA) is 210 Å². The molecule has 3 aromatic rings. The fourth-order valence-corrected chi connectivity index (χ4v) is 6.37. The first kappa shape index (κ1) is 34.0. The summed E-state index contributed by atoms with van der Waals surface area (Å²) in [4.78, 5) is 0. The van der Waals surface area contributed by atoms with E-state index in [1.165, 1.54) is 7.11 Å². The predicted octanol–water partition coefficient (Wildman–Crippen LogP) is -1.65. The fraction of sp³-hybridized carbons (Fsp3) is 0.389. The number of ether oxygens (including phenoxy) is 3. The lowest BCUT2D eigenvalue weighted by Crippen LogP contribution is -2.58. The van der Waals surface area contributed by atoms with Gasteiger partial charge in [-0.15, -0.1) is 0 Å². The minimum Gasteiger partial charge on any atom is -0.497 e. The molecule has 3 aromatic carbocycles. The van der Waals surface area contributed by atoms with Crippen LogP contribution >= 0.6 is 0 Å². The number of benzene rings is 3. The highest BCUT2D eigenvalue weighted by Gasteiger charge is 2.45. The zero-order valence-corrected chi connectivity index (χ0v) is 25.7. The zero-order valence-electron chi connectivity index (χ0n) is 25.7. The molecule has 0 bridgehead atoms. The van der Waals surface area contributed by atoms with Crippen molar-refractivity contribution in [2.45, 2.75) is 66.6 Å². The summed E-state index contributed by atoms with van der Waals surface area (Å²) >= 11 is 0. The molecule has 2 saturated heterocycles. The molecule has 0 aromatic heterocycles. The molecule has 2 aliphatic heterocycles. The van der Waals surface area contributed by atoms with Gasteiger partial charge in [-0.2, -0.15) is 0 Å². The van der Waals surface area contributed by atoms with E-state index in [1.54, 1.807) is 60.7 Å². The maximum Gasteiger partial charge on any atom is 0.147 e. The molecule has 48 heavy (non-hydrogen) atoms. The predicted molar refractivity (Wildman–Crippen MR) is 168 cm³/mol. The van der Waals surface area contributed by atoms with Crippen molar-refractivity contribution in [3.8, 4) is 40.6 Å². The SMILES string of the molecule is COc1cccc(C2(O)c3cc(C#CC4OC(CO)C(O)C(O)C4O)ccc3-c3ccc(C#CC4OC(CO)C(O)C(O)C4O)cc32)c1. The molecule has 0 amide bonds. The van der Waals surface area contributed by atoms with Crippen molar-refractivity contribution in [3.05, 3.63) is 88.5 Å². The smallest absolute Gasteiger partial charge is 0.147 e. The molecule has 10 atom stereocenters. The third-order valence-corrected chi connectivity index (χ3v) is 9.10. The van der Waals surface area contributed by atoms with Gasteiger partial charge >= 0.3 is 0 Å². The second kappa shape index (κ2) is 13.6. The number of hydrogen-bond donors (Lipinski definition) is 9. The molecule has 2 heterocycles. The van der Waals surface area contributed by atoms with Crippen LogP contribution in [0, 0.1) is 23.7 Å². The highest BCUT2D eigenvalue weighted by molar-refractivity contribution is 5.83. The molecule has 10 unspecified atom stereocenters. The molecular weight excluding hydrogens is 624 g/mol. The highest BCUT2D eigenvalue weighted by atomic mass is 16.5. The Bertz CT molecular complexity index is 1680. The molecule has 2 fully saturated rings. The first-order valence-corrected chi connectivity index (χ1v) is 15.3. The molecule has 0 spiro atoms. The summed E-state index contributed by atoms with van der Waals surface area (Å²) in [6.07, 6.45) is -13.8. The van der Waals surface area contributed by atoms with E-state index in [9.17, 15) is 46.0 Å². The summed E-state index contributed by atoms with van der Waals surface area (Å²) in [5.41, 5.74) is 2.06. The number of hydrogen-bond acceptors (Lipinski definition) is 12. The van der Waals surface area contributed by atoms with Crippen molar-refractivity contribution in [3.63, 3.8) is 0 Å². The quantitative estimate of drug-likeness (QED) is 0.144. The second-order valence-electron chi connectivity index (χ2n) is 12.0. The summed E-state index contributed by atoms with van der Waals surface area (Å²) in [6.45, 7) is -1.16. The van der Waals surface area contributed by atoms with Crippen LogP contribution < -0.4 is 4.74 Å². The first-order valence-electron chi connectivity index (χ1n) is 15.3. The average Bonchev–Trinajstić information content (AvgIpc) is 3.36. The highest BCUT2D eigenvalue weighted by Crippen LogP contribution is 2.51. The Kier molecular flexibility index (Phi) is 9.62. The maximum atomic E-state index is 12.7. The van der Waals surface area contributed by atoms with Crippen LogP contribution in [0.5, 0.6) is 5.75 Å². The van der Waals surface area contributed by atoms with Gasteiger partial charge < -0.3 is 60.2 Å². The number of methoxy groups -OCH3 is 1. The summed E-state index contributed by atoms with van der Waals surface area (Å²) in [6, 6.07) is 17.4. The van der Waals surface area contributed by atoms with E-state index in [2.05, 4.69) is 23.7 Å². The third-order valence-electron chi connectivity index (χ3n) is 9.10. The van der Waals surface area contributed by atoms with Gasteiger partial charge in [0.15, 0.2) is 0 Å². The summed E-state index contributed by atoms with van der Waals surface area (Å²) < 4.78 is 16.5. The summed E-state index contributed by atoms with van der Waals surface area (Å²) in [7, 11) is 1.51. The monoisotopic (exact) mass is 660 g/mol. The zero-order chi connectivity index (χ0) is 34.3. The van der Waals surface area contributed by atoms with E-state index >= 15 is 0 Å². The molecule has 12 heteroatoms. The summed E-state index contributed by atoms with van der Waals surface area (Å²) in [5, 5.41) is 93.1. The van der Waals surface area contributed by atoms with Gasteiger partial charge in [-0.1, -0.05) is 47.9 Å².